The summed E-state index contributed by atoms with van der Waals surface area (Å²) in [6.45, 7) is 9.20. The number of phenolic OH excluding ortho intramolecular Hbond substituents is 1. The van der Waals surface area contributed by atoms with Crippen molar-refractivity contribution in [2.24, 2.45) is 0 Å². The fourth-order valence-corrected chi connectivity index (χ4v) is 5.50. The molecule has 1 unspecified atom stereocenters. The van der Waals surface area contributed by atoms with Gasteiger partial charge < -0.3 is 24.7 Å². The number of nitrogens with zero attached hydrogens (tertiary/aromatic N) is 1. The molecule has 3 atom stereocenters. The monoisotopic (exact) mass is 555 g/mol. The van der Waals surface area contributed by atoms with Crippen LogP contribution in [0, 0.1) is 6.92 Å². The number of carbonyl (C=O) groups is 2. The van der Waals surface area contributed by atoms with Gasteiger partial charge in [-0.2, -0.15) is 0 Å². The Morgan fingerprint density at radius 1 is 1.33 bits per heavy atom. The van der Waals surface area contributed by atoms with Crippen molar-refractivity contribution in [2.45, 2.75) is 72.1 Å². The van der Waals surface area contributed by atoms with E-state index in [-0.39, 0.29) is 24.0 Å². The second-order valence-corrected chi connectivity index (χ2v) is 10.6. The number of fused-ring (bicyclic) bond motifs is 1. The van der Waals surface area contributed by atoms with Gasteiger partial charge in [0.25, 0.3) is 0 Å². The van der Waals surface area contributed by atoms with Crippen LogP contribution < -0.4 is 10.2 Å². The van der Waals surface area contributed by atoms with Crippen molar-refractivity contribution >= 4 is 20.5 Å². The minimum absolute atomic E-state index is 0.00377. The van der Waals surface area contributed by atoms with Crippen LogP contribution >= 0.6 is 8.61 Å². The summed E-state index contributed by atoms with van der Waals surface area (Å²) in [5.41, 5.74) is 5.67. The Bertz CT molecular complexity index is 1290. The van der Waals surface area contributed by atoms with E-state index in [2.05, 4.69) is 5.32 Å². The molecule has 0 spiro atoms. The average Bonchev–Trinajstić information content (AvgIpc) is 3.58. The third-order valence-corrected chi connectivity index (χ3v) is 8.03. The summed E-state index contributed by atoms with van der Waals surface area (Å²) in [6, 6.07) is 6.54. The van der Waals surface area contributed by atoms with Crippen molar-refractivity contribution < 1.29 is 33.6 Å². The Balaban J connectivity index is 1.49. The maximum absolute atomic E-state index is 12.6. The van der Waals surface area contributed by atoms with Gasteiger partial charge in [-0.15, -0.1) is 0 Å². The molecule has 0 radical (unpaired) electrons. The van der Waals surface area contributed by atoms with E-state index < -0.39 is 26.6 Å². The Kier molecular flexibility index (Phi) is 9.38. The summed E-state index contributed by atoms with van der Waals surface area (Å²) < 4.78 is 22.7. The number of hydrogen-bond acceptors (Lipinski definition) is 8. The maximum Gasteiger partial charge on any atom is 0.457 e. The van der Waals surface area contributed by atoms with Gasteiger partial charge in [0.2, 0.25) is 0 Å². The van der Waals surface area contributed by atoms with Gasteiger partial charge in [-0.3, -0.25) is 4.79 Å². The van der Waals surface area contributed by atoms with Crippen LogP contribution in [-0.4, -0.2) is 47.1 Å². The van der Waals surface area contributed by atoms with Gasteiger partial charge in [0.15, 0.2) is 11.8 Å². The van der Waals surface area contributed by atoms with E-state index in [9.17, 15) is 19.3 Å². The number of allylic oxidation sites excluding steroid dienone is 2. The first kappa shape index (κ1) is 28.7. The number of rotatable bonds is 11. The van der Waals surface area contributed by atoms with Crippen LogP contribution in [0.4, 0.5) is 0 Å². The Morgan fingerprint density at radius 2 is 2.10 bits per heavy atom. The smallest absolute Gasteiger partial charge is 0.457 e. The molecule has 0 bridgehead atoms. The lowest BCUT2D eigenvalue weighted by molar-refractivity contribution is -0.158. The number of carbonyl (C=O) groups excluding carboxylic acids is 2. The number of cyclic esters (lactones) is 1. The summed E-state index contributed by atoms with van der Waals surface area (Å²) >= 11 is 0. The van der Waals surface area contributed by atoms with Gasteiger partial charge >= 0.3 is 20.5 Å². The van der Waals surface area contributed by atoms with E-state index in [0.29, 0.717) is 25.1 Å². The molecule has 39 heavy (non-hydrogen) atoms. The molecule has 2 N–H and O–H groups in total. The van der Waals surface area contributed by atoms with Crippen LogP contribution in [0.1, 0.15) is 65.4 Å². The summed E-state index contributed by atoms with van der Waals surface area (Å²) in [5, 5.41) is 14.1. The van der Waals surface area contributed by atoms with E-state index >= 15 is 0 Å². The number of nitrogens with one attached hydrogen (secondary N) is 1. The second kappa shape index (κ2) is 12.7. The highest BCUT2D eigenvalue weighted by atomic mass is 31.1. The number of ether oxygens (including phenoxy) is 2. The normalized spacial score (nSPS) is 17.8. The van der Waals surface area contributed by atoms with Gasteiger partial charge in [0, 0.05) is 23.2 Å². The lowest BCUT2D eigenvalue weighted by Gasteiger charge is -2.19. The molecule has 0 saturated carbocycles. The quantitative estimate of drug-likeness (QED) is 0.179. The Labute approximate surface area is 230 Å². The number of para-hydroxylation sites is 1. The molecule has 2 aromatic carbocycles. The minimum Gasteiger partial charge on any atom is -0.507 e. The SMILES string of the molecule is CCc1c(C)c2c(c(O)c1CC=C(C)Cc1ccccc1ON([PH+]=O)[C@@H](C)C(=O)O[C@H]1CCNC1)C(=O)OC2. The standard InChI is InChI=1S/C29H35N2O7P/c1-5-22-18(3)24-16-36-29(34)26(24)27(32)23(22)11-10-17(2)14-20-8-6-7-9-25(20)38-31(39-35)19(4)28(33)37-21-12-13-30-15-21/h6-10,19,21,30,32H,5,11-16H2,1-4H3/p+1/t19-,21-/m0/s1. The van der Waals surface area contributed by atoms with Crippen molar-refractivity contribution in [2.75, 3.05) is 13.1 Å². The van der Waals surface area contributed by atoms with Crippen LogP contribution in [0.15, 0.2) is 35.9 Å². The van der Waals surface area contributed by atoms with Crippen LogP contribution in [0.2, 0.25) is 0 Å². The molecular weight excluding hydrogens is 519 g/mol. The van der Waals surface area contributed by atoms with Gasteiger partial charge in [0.05, 0.1) is 4.83 Å². The Hall–Kier alpha value is -3.26. The summed E-state index contributed by atoms with van der Waals surface area (Å²) in [5.74, 6) is -0.475. The molecule has 9 nitrogen and oxygen atoms in total. The number of esters is 2. The Morgan fingerprint density at radius 3 is 2.79 bits per heavy atom. The van der Waals surface area contributed by atoms with Gasteiger partial charge in [-0.25, -0.2) is 4.79 Å². The van der Waals surface area contributed by atoms with Crippen LogP contribution in [0.3, 0.4) is 0 Å². The molecule has 4 rings (SSSR count). The van der Waals surface area contributed by atoms with E-state index in [1.54, 1.807) is 13.0 Å². The molecule has 0 aromatic heterocycles. The number of benzene rings is 2. The predicted molar refractivity (Wildman–Crippen MR) is 147 cm³/mol. The van der Waals surface area contributed by atoms with E-state index in [1.165, 1.54) is 0 Å². The first-order valence-corrected chi connectivity index (χ1v) is 14.1. The number of hydroxylamine groups is 1. The maximum atomic E-state index is 12.6. The summed E-state index contributed by atoms with van der Waals surface area (Å²) in [6.07, 6.45) is 4.30. The van der Waals surface area contributed by atoms with E-state index in [0.717, 1.165) is 57.6 Å². The molecule has 0 aliphatic carbocycles. The first-order chi connectivity index (χ1) is 18.7. The first-order valence-electron chi connectivity index (χ1n) is 13.3. The molecule has 0 amide bonds. The third kappa shape index (κ3) is 6.32. The minimum atomic E-state index is -1.00. The topological polar surface area (TPSA) is 114 Å². The fourth-order valence-electron chi connectivity index (χ4n) is 5.10. The molecule has 2 heterocycles. The fraction of sp³-hybridized carbons (Fsp3) is 0.448. The van der Waals surface area contributed by atoms with Gasteiger partial charge in [-0.05, 0) is 74.8 Å². The van der Waals surface area contributed by atoms with Crippen LogP contribution in [0.25, 0.3) is 0 Å². The third-order valence-electron chi connectivity index (χ3n) is 7.37. The van der Waals surface area contributed by atoms with Crippen molar-refractivity contribution in [3.8, 4) is 11.5 Å². The van der Waals surface area contributed by atoms with E-state index in [4.69, 9.17) is 14.3 Å². The molecular formula is C29H36N2O7P+. The summed E-state index contributed by atoms with van der Waals surface area (Å²) in [4.78, 5) is 31.9. The van der Waals surface area contributed by atoms with Gasteiger partial charge in [0.1, 0.15) is 24.0 Å². The molecule has 1 saturated heterocycles. The molecule has 208 valence electrons. The van der Waals surface area contributed by atoms with Crippen molar-refractivity contribution in [1.82, 2.24) is 10.2 Å². The highest BCUT2D eigenvalue weighted by Crippen LogP contribution is 2.38. The lowest BCUT2D eigenvalue weighted by Crippen LogP contribution is -2.38. The molecule has 2 aromatic rings. The summed E-state index contributed by atoms with van der Waals surface area (Å²) in [7, 11) is -1.00. The zero-order valence-electron chi connectivity index (χ0n) is 22.8. The molecule has 2 aliphatic heterocycles. The number of phenols is 1. The van der Waals surface area contributed by atoms with Crippen LogP contribution in [0.5, 0.6) is 11.5 Å². The number of hydrogen-bond donors (Lipinski definition) is 2. The zero-order valence-corrected chi connectivity index (χ0v) is 23.8. The highest BCUT2D eigenvalue weighted by molar-refractivity contribution is 7.20. The van der Waals surface area contributed by atoms with E-state index in [1.807, 2.05) is 45.0 Å². The van der Waals surface area contributed by atoms with Crippen molar-refractivity contribution in [3.63, 3.8) is 0 Å². The lowest BCUT2D eigenvalue weighted by atomic mass is 9.89. The second-order valence-electron chi connectivity index (χ2n) is 9.99. The predicted octanol–water partition coefficient (Wildman–Crippen LogP) is 4.49. The molecule has 10 heteroatoms. The van der Waals surface area contributed by atoms with Crippen LogP contribution in [-0.2, 0) is 44.7 Å². The zero-order chi connectivity index (χ0) is 28.1. The van der Waals surface area contributed by atoms with Crippen molar-refractivity contribution in [3.05, 3.63) is 69.3 Å². The molecule has 1 fully saturated rings. The largest absolute Gasteiger partial charge is 0.507 e. The number of aromatic hydroxyl groups is 1. The highest BCUT2D eigenvalue weighted by Gasteiger charge is 2.34. The van der Waals surface area contributed by atoms with Gasteiger partial charge in [-0.1, -0.05) is 36.8 Å². The average molecular weight is 556 g/mol. The molecule has 2 aliphatic rings. The van der Waals surface area contributed by atoms with Crippen molar-refractivity contribution in [1.29, 1.82) is 0 Å².